The molecule has 0 fully saturated rings. The molecule has 0 aliphatic heterocycles. The van der Waals surface area contributed by atoms with E-state index < -0.39 is 23.4 Å². The Morgan fingerprint density at radius 2 is 1.88 bits per heavy atom. The molecule has 0 aliphatic rings. The first-order valence-corrected chi connectivity index (χ1v) is 8.04. The predicted molar refractivity (Wildman–Crippen MR) is 92.2 cm³/mol. The van der Waals surface area contributed by atoms with Gasteiger partial charge in [0.15, 0.2) is 0 Å². The summed E-state index contributed by atoms with van der Waals surface area (Å²) in [5, 5.41) is 11.5. The molecule has 132 valence electrons. The van der Waals surface area contributed by atoms with Crippen LogP contribution in [0.2, 0.25) is 0 Å². The fourth-order valence-electron chi connectivity index (χ4n) is 2.37. The lowest BCUT2D eigenvalue weighted by atomic mass is 10.0. The van der Waals surface area contributed by atoms with Crippen molar-refractivity contribution >= 4 is 17.7 Å². The molecular formula is C19H20FNO4. The number of carboxylic acids is 1. The first kappa shape index (κ1) is 18.4. The van der Waals surface area contributed by atoms with Gasteiger partial charge in [0.1, 0.15) is 18.0 Å². The van der Waals surface area contributed by atoms with E-state index in [-0.39, 0.29) is 12.3 Å². The smallest absolute Gasteiger partial charge is 0.411 e. The minimum Gasteiger partial charge on any atom is -0.478 e. The highest BCUT2D eigenvalue weighted by molar-refractivity contribution is 5.99. The third kappa shape index (κ3) is 5.31. The molecule has 2 aromatic carbocycles. The van der Waals surface area contributed by atoms with Gasteiger partial charge < -0.3 is 9.84 Å². The average Bonchev–Trinajstić information content (AvgIpc) is 2.58. The second-order valence-corrected chi connectivity index (χ2v) is 5.60. The van der Waals surface area contributed by atoms with E-state index in [0.717, 1.165) is 18.4 Å². The Balaban J connectivity index is 2.13. The van der Waals surface area contributed by atoms with E-state index in [2.05, 4.69) is 5.32 Å². The number of ether oxygens (including phenoxy) is 1. The van der Waals surface area contributed by atoms with Gasteiger partial charge in [-0.2, -0.15) is 0 Å². The van der Waals surface area contributed by atoms with Crippen molar-refractivity contribution in [3.05, 3.63) is 65.0 Å². The highest BCUT2D eigenvalue weighted by atomic mass is 19.1. The third-order valence-electron chi connectivity index (χ3n) is 3.63. The van der Waals surface area contributed by atoms with Gasteiger partial charge in [-0.3, -0.25) is 5.32 Å². The van der Waals surface area contributed by atoms with Crippen molar-refractivity contribution in [1.29, 1.82) is 0 Å². The highest BCUT2D eigenvalue weighted by Gasteiger charge is 2.19. The number of hydrogen-bond acceptors (Lipinski definition) is 3. The van der Waals surface area contributed by atoms with Crippen molar-refractivity contribution in [2.45, 2.75) is 32.8 Å². The molecule has 0 heterocycles. The van der Waals surface area contributed by atoms with Gasteiger partial charge in [0.25, 0.3) is 0 Å². The van der Waals surface area contributed by atoms with E-state index in [1.807, 2.05) is 25.1 Å². The maximum absolute atomic E-state index is 14.1. The third-order valence-corrected chi connectivity index (χ3v) is 3.63. The summed E-state index contributed by atoms with van der Waals surface area (Å²) in [6, 6.07) is 11.7. The monoisotopic (exact) mass is 345 g/mol. The molecule has 2 aromatic rings. The number of amides is 1. The van der Waals surface area contributed by atoms with Crippen LogP contribution < -0.4 is 5.32 Å². The Bertz CT molecular complexity index is 747. The standard InChI is InChI=1S/C19H20FNO4/c1-2-3-7-14-10-15(20)17(18(22)23)16(11-14)21-19(24)25-12-13-8-5-4-6-9-13/h4-6,8-11H,2-3,7,12H2,1H3,(H,21,24)(H,22,23). The van der Waals surface area contributed by atoms with Crippen LogP contribution in [0, 0.1) is 5.82 Å². The molecule has 0 radical (unpaired) electrons. The Hall–Kier alpha value is -2.89. The number of hydrogen-bond donors (Lipinski definition) is 2. The van der Waals surface area contributed by atoms with Crippen LogP contribution in [0.4, 0.5) is 14.9 Å². The molecule has 0 spiro atoms. The molecule has 0 saturated carbocycles. The van der Waals surface area contributed by atoms with Crippen LogP contribution >= 0.6 is 0 Å². The molecule has 0 atom stereocenters. The van der Waals surface area contributed by atoms with Crippen molar-refractivity contribution in [2.75, 3.05) is 5.32 Å². The normalized spacial score (nSPS) is 10.3. The summed E-state index contributed by atoms with van der Waals surface area (Å²) in [6.45, 7) is 2.04. The van der Waals surface area contributed by atoms with Crippen LogP contribution in [0.3, 0.4) is 0 Å². The van der Waals surface area contributed by atoms with Gasteiger partial charge in [0.2, 0.25) is 0 Å². The fourth-order valence-corrected chi connectivity index (χ4v) is 2.37. The number of halogens is 1. The van der Waals surface area contributed by atoms with E-state index in [0.29, 0.717) is 12.0 Å². The molecule has 0 bridgehead atoms. The minimum atomic E-state index is -1.45. The summed E-state index contributed by atoms with van der Waals surface area (Å²) >= 11 is 0. The predicted octanol–water partition coefficient (Wildman–Crippen LogP) is 4.62. The summed E-state index contributed by atoms with van der Waals surface area (Å²) in [6.07, 6.45) is 1.52. The Labute approximate surface area is 145 Å². The molecule has 2 rings (SSSR count). The molecule has 2 N–H and O–H groups in total. The van der Waals surface area contributed by atoms with Crippen LogP contribution in [0.25, 0.3) is 0 Å². The van der Waals surface area contributed by atoms with Crippen LogP contribution in [0.1, 0.15) is 41.3 Å². The number of carboxylic acid groups (broad SMARTS) is 1. The highest BCUT2D eigenvalue weighted by Crippen LogP contribution is 2.23. The molecule has 0 aliphatic carbocycles. The van der Waals surface area contributed by atoms with E-state index in [1.165, 1.54) is 12.1 Å². The largest absolute Gasteiger partial charge is 0.478 e. The summed E-state index contributed by atoms with van der Waals surface area (Å²) < 4.78 is 19.2. The van der Waals surface area contributed by atoms with Gasteiger partial charge in [-0.1, -0.05) is 43.7 Å². The molecule has 5 nitrogen and oxygen atoms in total. The topological polar surface area (TPSA) is 75.6 Å². The summed E-state index contributed by atoms with van der Waals surface area (Å²) in [4.78, 5) is 23.2. The van der Waals surface area contributed by atoms with Gasteiger partial charge in [-0.05, 0) is 36.1 Å². The van der Waals surface area contributed by atoms with E-state index in [1.54, 1.807) is 12.1 Å². The molecule has 0 unspecified atom stereocenters. The zero-order chi connectivity index (χ0) is 18.2. The number of rotatable bonds is 7. The number of nitrogens with one attached hydrogen (secondary N) is 1. The first-order valence-electron chi connectivity index (χ1n) is 8.04. The quantitative estimate of drug-likeness (QED) is 0.768. The first-order chi connectivity index (χ1) is 12.0. The van der Waals surface area contributed by atoms with Gasteiger partial charge in [-0.15, -0.1) is 0 Å². The van der Waals surface area contributed by atoms with Crippen LogP contribution in [0.15, 0.2) is 42.5 Å². The number of unbranched alkanes of at least 4 members (excludes halogenated alkanes) is 1. The van der Waals surface area contributed by atoms with Gasteiger partial charge >= 0.3 is 12.1 Å². The zero-order valence-electron chi connectivity index (χ0n) is 13.9. The molecule has 0 aromatic heterocycles. The summed E-state index contributed by atoms with van der Waals surface area (Å²) in [5.74, 6) is -2.32. The maximum Gasteiger partial charge on any atom is 0.411 e. The van der Waals surface area contributed by atoms with Crippen LogP contribution in [-0.2, 0) is 17.8 Å². The SMILES string of the molecule is CCCCc1cc(F)c(C(=O)O)c(NC(=O)OCc2ccccc2)c1. The van der Waals surface area contributed by atoms with Crippen molar-refractivity contribution in [2.24, 2.45) is 0 Å². The lowest BCUT2D eigenvalue weighted by molar-refractivity contribution is 0.0693. The van der Waals surface area contributed by atoms with Crippen molar-refractivity contribution < 1.29 is 23.8 Å². The fraction of sp³-hybridized carbons (Fsp3) is 0.263. The maximum atomic E-state index is 14.1. The van der Waals surface area contributed by atoms with Gasteiger partial charge in [0, 0.05) is 0 Å². The molecular weight excluding hydrogens is 325 g/mol. The second kappa shape index (κ2) is 8.82. The summed E-state index contributed by atoms with van der Waals surface area (Å²) in [5.41, 5.74) is 0.746. The van der Waals surface area contributed by atoms with Crippen molar-refractivity contribution in [3.63, 3.8) is 0 Å². The van der Waals surface area contributed by atoms with E-state index >= 15 is 0 Å². The molecule has 25 heavy (non-hydrogen) atoms. The molecule has 1 amide bonds. The van der Waals surface area contributed by atoms with E-state index in [9.17, 15) is 19.1 Å². The number of aromatic carboxylic acids is 1. The van der Waals surface area contributed by atoms with Gasteiger partial charge in [-0.25, -0.2) is 14.0 Å². The summed E-state index contributed by atoms with van der Waals surface area (Å²) in [7, 11) is 0. The lowest BCUT2D eigenvalue weighted by Crippen LogP contribution is -2.17. The number of benzene rings is 2. The van der Waals surface area contributed by atoms with E-state index in [4.69, 9.17) is 4.74 Å². The van der Waals surface area contributed by atoms with Crippen molar-refractivity contribution in [1.82, 2.24) is 0 Å². The second-order valence-electron chi connectivity index (χ2n) is 5.60. The number of anilines is 1. The Kier molecular flexibility index (Phi) is 6.51. The number of carbonyl (C=O) groups excluding carboxylic acids is 1. The Morgan fingerprint density at radius 1 is 1.16 bits per heavy atom. The number of aryl methyl sites for hydroxylation is 1. The Morgan fingerprint density at radius 3 is 2.52 bits per heavy atom. The lowest BCUT2D eigenvalue weighted by Gasteiger charge is -2.12. The zero-order valence-corrected chi connectivity index (χ0v) is 13.9. The minimum absolute atomic E-state index is 0.0348. The van der Waals surface area contributed by atoms with Crippen molar-refractivity contribution in [3.8, 4) is 0 Å². The van der Waals surface area contributed by atoms with Crippen LogP contribution in [-0.4, -0.2) is 17.2 Å². The number of carbonyl (C=O) groups is 2. The molecule has 6 heteroatoms. The van der Waals surface area contributed by atoms with Gasteiger partial charge in [0.05, 0.1) is 5.69 Å². The molecule has 0 saturated heterocycles. The van der Waals surface area contributed by atoms with Crippen LogP contribution in [0.5, 0.6) is 0 Å². The average molecular weight is 345 g/mol.